The molecule has 1 aromatic rings. The number of carbonyl (C=O) groups excluding carboxylic acids is 1. The van der Waals surface area contributed by atoms with E-state index in [0.717, 1.165) is 11.3 Å². The van der Waals surface area contributed by atoms with Gasteiger partial charge in [-0.1, -0.05) is 19.1 Å². The van der Waals surface area contributed by atoms with E-state index in [2.05, 4.69) is 24.4 Å². The molecule has 2 unspecified atom stereocenters. The number of rotatable bonds is 6. The largest absolute Gasteiger partial charge is 0.392 e. The predicted octanol–water partition coefficient (Wildman–Crippen LogP) is 2.88. The molecule has 0 heterocycles. The second kappa shape index (κ2) is 8.17. The Morgan fingerprint density at radius 1 is 1.35 bits per heavy atom. The number of likely N-dealkylation sites (N-methyl/N-ethyl adjacent to an activating group) is 1. The monoisotopic (exact) mass is 296 g/mol. The van der Waals surface area contributed by atoms with E-state index in [9.17, 15) is 9.90 Å². The normalized spacial score (nSPS) is 13.7. The average molecular weight is 296 g/mol. The van der Waals surface area contributed by atoms with Crippen LogP contribution in [0.5, 0.6) is 0 Å². The summed E-state index contributed by atoms with van der Waals surface area (Å²) < 4.78 is 0. The highest BCUT2D eigenvalue weighted by molar-refractivity contribution is 7.99. The molecule has 2 atom stereocenters. The molecule has 1 aromatic carbocycles. The Morgan fingerprint density at radius 2 is 1.95 bits per heavy atom. The van der Waals surface area contributed by atoms with Gasteiger partial charge in [-0.15, -0.1) is 11.8 Å². The molecule has 0 fully saturated rings. The molecular formula is C15H24N2O2S. The summed E-state index contributed by atoms with van der Waals surface area (Å²) in [5.41, 5.74) is 1.07. The molecule has 0 aromatic heterocycles. The van der Waals surface area contributed by atoms with Crippen LogP contribution in [0.3, 0.4) is 0 Å². The van der Waals surface area contributed by atoms with Crippen molar-refractivity contribution < 1.29 is 9.90 Å². The van der Waals surface area contributed by atoms with Gasteiger partial charge in [-0.25, -0.2) is 4.79 Å². The molecule has 0 aliphatic heterocycles. The van der Waals surface area contributed by atoms with Crippen molar-refractivity contribution in [3.05, 3.63) is 29.8 Å². The third-order valence-corrected chi connectivity index (χ3v) is 3.81. The SMILES string of the molecule is CCSc1ccc(C(C)NC(=O)N(C)CC(C)O)cc1. The van der Waals surface area contributed by atoms with Crippen LogP contribution in [0.15, 0.2) is 29.2 Å². The number of hydrogen-bond acceptors (Lipinski definition) is 3. The average Bonchev–Trinajstić information content (AvgIpc) is 2.39. The number of thioether (sulfide) groups is 1. The maximum absolute atomic E-state index is 11.9. The number of benzene rings is 1. The van der Waals surface area contributed by atoms with Gasteiger partial charge in [0.1, 0.15) is 0 Å². The zero-order valence-corrected chi connectivity index (χ0v) is 13.4. The molecule has 4 nitrogen and oxygen atoms in total. The molecule has 5 heteroatoms. The van der Waals surface area contributed by atoms with Gasteiger partial charge in [0.25, 0.3) is 0 Å². The van der Waals surface area contributed by atoms with Crippen LogP contribution in [0.1, 0.15) is 32.4 Å². The maximum Gasteiger partial charge on any atom is 0.317 e. The van der Waals surface area contributed by atoms with Crippen LogP contribution in [0.4, 0.5) is 4.79 Å². The number of nitrogens with zero attached hydrogens (tertiary/aromatic N) is 1. The first-order valence-electron chi connectivity index (χ1n) is 6.86. The van der Waals surface area contributed by atoms with Crippen molar-refractivity contribution in [2.75, 3.05) is 19.3 Å². The van der Waals surface area contributed by atoms with E-state index in [1.54, 1.807) is 25.7 Å². The van der Waals surface area contributed by atoms with Crippen LogP contribution < -0.4 is 5.32 Å². The van der Waals surface area contributed by atoms with Gasteiger partial charge < -0.3 is 15.3 Å². The van der Waals surface area contributed by atoms with E-state index in [0.29, 0.717) is 6.54 Å². The van der Waals surface area contributed by atoms with Crippen molar-refractivity contribution in [1.82, 2.24) is 10.2 Å². The lowest BCUT2D eigenvalue weighted by Crippen LogP contribution is -2.41. The Labute approximate surface area is 125 Å². The Bertz CT molecular complexity index is 420. The van der Waals surface area contributed by atoms with Crippen LogP contribution in [-0.4, -0.2) is 41.5 Å². The van der Waals surface area contributed by atoms with E-state index in [1.807, 2.05) is 19.1 Å². The molecule has 0 saturated carbocycles. The molecule has 20 heavy (non-hydrogen) atoms. The van der Waals surface area contributed by atoms with Gasteiger partial charge in [0.2, 0.25) is 0 Å². The molecule has 0 aliphatic rings. The molecule has 2 amide bonds. The summed E-state index contributed by atoms with van der Waals surface area (Å²) in [5, 5.41) is 12.2. The van der Waals surface area contributed by atoms with Crippen LogP contribution >= 0.6 is 11.8 Å². The topological polar surface area (TPSA) is 52.6 Å². The molecule has 0 aliphatic carbocycles. The highest BCUT2D eigenvalue weighted by Crippen LogP contribution is 2.20. The summed E-state index contributed by atoms with van der Waals surface area (Å²) in [4.78, 5) is 14.7. The van der Waals surface area contributed by atoms with E-state index in [1.165, 1.54) is 9.80 Å². The number of aliphatic hydroxyl groups excluding tert-OH is 1. The van der Waals surface area contributed by atoms with E-state index in [4.69, 9.17) is 0 Å². The summed E-state index contributed by atoms with van der Waals surface area (Å²) in [5.74, 6) is 1.05. The molecule has 0 spiro atoms. The zero-order valence-electron chi connectivity index (χ0n) is 12.6. The van der Waals surface area contributed by atoms with Gasteiger partial charge in [0.05, 0.1) is 12.1 Å². The first kappa shape index (κ1) is 16.9. The standard InChI is InChI=1S/C15H24N2O2S/c1-5-20-14-8-6-13(7-9-14)12(3)16-15(19)17(4)10-11(2)18/h6-9,11-12,18H,5,10H2,1-4H3,(H,16,19). The fraction of sp³-hybridized carbons (Fsp3) is 0.533. The summed E-state index contributed by atoms with van der Waals surface area (Å²) in [7, 11) is 1.68. The van der Waals surface area contributed by atoms with Crippen LogP contribution in [-0.2, 0) is 0 Å². The second-order valence-corrected chi connectivity index (χ2v) is 6.24. The fourth-order valence-corrected chi connectivity index (χ4v) is 2.54. The molecule has 0 saturated heterocycles. The van der Waals surface area contributed by atoms with Gasteiger partial charge in [0, 0.05) is 18.5 Å². The minimum absolute atomic E-state index is 0.0559. The van der Waals surface area contributed by atoms with E-state index in [-0.39, 0.29) is 12.1 Å². The molecule has 2 N–H and O–H groups in total. The van der Waals surface area contributed by atoms with E-state index < -0.39 is 6.10 Å². The number of nitrogens with one attached hydrogen (secondary N) is 1. The first-order chi connectivity index (χ1) is 9.43. The molecule has 112 valence electrons. The smallest absolute Gasteiger partial charge is 0.317 e. The van der Waals surface area contributed by atoms with Crippen molar-refractivity contribution in [3.63, 3.8) is 0 Å². The van der Waals surface area contributed by atoms with Gasteiger partial charge in [-0.2, -0.15) is 0 Å². The van der Waals surface area contributed by atoms with Crippen molar-refractivity contribution in [3.8, 4) is 0 Å². The molecule has 1 rings (SSSR count). The van der Waals surface area contributed by atoms with Crippen LogP contribution in [0.25, 0.3) is 0 Å². The summed E-state index contributed by atoms with van der Waals surface area (Å²) in [6, 6.07) is 8.00. The Balaban J connectivity index is 2.57. The van der Waals surface area contributed by atoms with Gasteiger partial charge in [-0.3, -0.25) is 0 Å². The number of amides is 2. The summed E-state index contributed by atoms with van der Waals surface area (Å²) in [6.45, 7) is 6.07. The van der Waals surface area contributed by atoms with Crippen molar-refractivity contribution in [2.24, 2.45) is 0 Å². The van der Waals surface area contributed by atoms with Crippen molar-refractivity contribution >= 4 is 17.8 Å². The lowest BCUT2D eigenvalue weighted by atomic mass is 10.1. The van der Waals surface area contributed by atoms with Crippen LogP contribution in [0, 0.1) is 0 Å². The Hall–Kier alpha value is -1.20. The maximum atomic E-state index is 11.9. The zero-order chi connectivity index (χ0) is 15.1. The summed E-state index contributed by atoms with van der Waals surface area (Å²) in [6.07, 6.45) is -0.522. The number of aliphatic hydroxyl groups is 1. The number of hydrogen-bond donors (Lipinski definition) is 2. The van der Waals surface area contributed by atoms with Crippen molar-refractivity contribution in [2.45, 2.75) is 37.8 Å². The fourth-order valence-electron chi connectivity index (χ4n) is 1.88. The van der Waals surface area contributed by atoms with Gasteiger partial charge >= 0.3 is 6.03 Å². The first-order valence-corrected chi connectivity index (χ1v) is 7.85. The minimum Gasteiger partial charge on any atom is -0.392 e. The summed E-state index contributed by atoms with van der Waals surface area (Å²) >= 11 is 1.80. The number of urea groups is 1. The number of carbonyl (C=O) groups is 1. The minimum atomic E-state index is -0.522. The molecule has 0 radical (unpaired) electrons. The predicted molar refractivity (Wildman–Crippen MR) is 84.1 cm³/mol. The third-order valence-electron chi connectivity index (χ3n) is 2.92. The second-order valence-electron chi connectivity index (χ2n) is 4.90. The van der Waals surface area contributed by atoms with Crippen molar-refractivity contribution in [1.29, 1.82) is 0 Å². The third kappa shape index (κ3) is 5.43. The Kier molecular flexibility index (Phi) is 6.88. The lowest BCUT2D eigenvalue weighted by molar-refractivity contribution is 0.142. The van der Waals surface area contributed by atoms with Crippen LogP contribution in [0.2, 0.25) is 0 Å². The Morgan fingerprint density at radius 3 is 2.45 bits per heavy atom. The van der Waals surface area contributed by atoms with E-state index >= 15 is 0 Å². The van der Waals surface area contributed by atoms with Gasteiger partial charge in [-0.05, 0) is 37.3 Å². The highest BCUT2D eigenvalue weighted by Gasteiger charge is 2.14. The highest BCUT2D eigenvalue weighted by atomic mass is 32.2. The quantitative estimate of drug-likeness (QED) is 0.794. The molecule has 0 bridgehead atoms. The lowest BCUT2D eigenvalue weighted by Gasteiger charge is -2.22. The molecular weight excluding hydrogens is 272 g/mol. The van der Waals surface area contributed by atoms with Gasteiger partial charge in [0.15, 0.2) is 0 Å².